The lowest BCUT2D eigenvalue weighted by molar-refractivity contribution is 0.126. The third-order valence-electron chi connectivity index (χ3n) is 5.25. The van der Waals surface area contributed by atoms with E-state index in [1.807, 2.05) is 0 Å². The standard InChI is InChI=1S/C23H28F2N4O3S/c1-13-21(28-14(2)32-13)20(30)9-23(6,29-33(31)22(3,4)5)17-7-16(18(24)8-19(17)25)15-10-26-12-27-11-15/h7-8,10-12,20,29-30H,9H2,1-6H3. The SMILES string of the molecule is Cc1nc(C(O)CC(C)(NS(=O)C(C)(C)C)c2cc(-c3cncnc3)c(F)cc2F)c(C)o1. The number of aromatic nitrogens is 3. The van der Waals surface area contributed by atoms with Crippen molar-refractivity contribution in [3.05, 3.63) is 65.4 Å². The predicted octanol–water partition coefficient (Wildman–Crippen LogP) is 4.42. The van der Waals surface area contributed by atoms with Crippen LogP contribution >= 0.6 is 0 Å². The fourth-order valence-electron chi connectivity index (χ4n) is 3.53. The molecule has 33 heavy (non-hydrogen) atoms. The normalized spacial score (nSPS) is 15.8. The summed E-state index contributed by atoms with van der Waals surface area (Å²) in [5.41, 5.74) is -0.568. The molecule has 2 aromatic heterocycles. The van der Waals surface area contributed by atoms with Gasteiger partial charge in [-0.1, -0.05) is 0 Å². The van der Waals surface area contributed by atoms with Crippen LogP contribution in [0.5, 0.6) is 0 Å². The second-order valence-electron chi connectivity index (χ2n) is 9.15. The number of nitrogens with zero attached hydrogens (tertiary/aromatic N) is 3. The molecule has 3 rings (SSSR count). The molecule has 3 atom stereocenters. The molecule has 2 heterocycles. The van der Waals surface area contributed by atoms with Crippen LogP contribution in [0.2, 0.25) is 0 Å². The second kappa shape index (κ2) is 9.36. The minimum Gasteiger partial charge on any atom is -0.446 e. The molecule has 0 aliphatic heterocycles. The zero-order valence-electron chi connectivity index (χ0n) is 19.4. The van der Waals surface area contributed by atoms with Crippen LogP contribution in [0.25, 0.3) is 11.1 Å². The van der Waals surface area contributed by atoms with Gasteiger partial charge in [-0.3, -0.25) is 0 Å². The van der Waals surface area contributed by atoms with E-state index in [0.717, 1.165) is 6.07 Å². The second-order valence-corrected chi connectivity index (χ2v) is 11.1. The highest BCUT2D eigenvalue weighted by Gasteiger charge is 2.38. The molecule has 0 aliphatic rings. The first-order valence-corrected chi connectivity index (χ1v) is 11.5. The molecule has 0 amide bonds. The van der Waals surface area contributed by atoms with Crippen molar-refractivity contribution in [3.63, 3.8) is 0 Å². The number of aryl methyl sites for hydroxylation is 2. The molecule has 0 saturated carbocycles. The Balaban J connectivity index is 2.13. The van der Waals surface area contributed by atoms with E-state index >= 15 is 4.39 Å². The molecule has 0 radical (unpaired) electrons. The Morgan fingerprint density at radius 3 is 2.30 bits per heavy atom. The van der Waals surface area contributed by atoms with E-state index in [-0.39, 0.29) is 17.5 Å². The summed E-state index contributed by atoms with van der Waals surface area (Å²) in [5.74, 6) is -0.807. The van der Waals surface area contributed by atoms with Crippen LogP contribution < -0.4 is 4.72 Å². The fourth-order valence-corrected chi connectivity index (χ4v) is 4.44. The molecule has 0 aliphatic carbocycles. The summed E-state index contributed by atoms with van der Waals surface area (Å²) in [7, 11) is -1.63. The highest BCUT2D eigenvalue weighted by molar-refractivity contribution is 7.84. The van der Waals surface area contributed by atoms with Gasteiger partial charge in [0.15, 0.2) is 5.89 Å². The predicted molar refractivity (Wildman–Crippen MR) is 121 cm³/mol. The topological polar surface area (TPSA) is 101 Å². The van der Waals surface area contributed by atoms with E-state index in [9.17, 15) is 13.7 Å². The van der Waals surface area contributed by atoms with Crippen LogP contribution in [0, 0.1) is 25.5 Å². The molecule has 1 aromatic carbocycles. The molecule has 0 saturated heterocycles. The minimum atomic E-state index is -1.63. The van der Waals surface area contributed by atoms with Gasteiger partial charge in [0, 0.05) is 48.5 Å². The van der Waals surface area contributed by atoms with E-state index in [0.29, 0.717) is 22.9 Å². The summed E-state index contributed by atoms with van der Waals surface area (Å²) in [6.45, 7) is 10.2. The monoisotopic (exact) mass is 478 g/mol. The van der Waals surface area contributed by atoms with Crippen molar-refractivity contribution in [1.29, 1.82) is 0 Å². The highest BCUT2D eigenvalue weighted by atomic mass is 32.2. The van der Waals surface area contributed by atoms with Gasteiger partial charge in [0.1, 0.15) is 35.5 Å². The van der Waals surface area contributed by atoms with E-state index < -0.39 is 39.0 Å². The largest absolute Gasteiger partial charge is 0.446 e. The summed E-state index contributed by atoms with van der Waals surface area (Å²) in [4.78, 5) is 12.0. The average Bonchev–Trinajstić information content (AvgIpc) is 3.06. The Morgan fingerprint density at radius 2 is 1.76 bits per heavy atom. The molecule has 2 N–H and O–H groups in total. The zero-order valence-corrected chi connectivity index (χ0v) is 20.3. The number of aliphatic hydroxyl groups excluding tert-OH is 1. The lowest BCUT2D eigenvalue weighted by Crippen LogP contribution is -2.47. The first-order chi connectivity index (χ1) is 15.3. The van der Waals surface area contributed by atoms with Gasteiger partial charge in [0.05, 0.1) is 21.3 Å². The molecule has 10 heteroatoms. The van der Waals surface area contributed by atoms with Gasteiger partial charge in [-0.15, -0.1) is 0 Å². The van der Waals surface area contributed by atoms with Crippen LogP contribution in [0.4, 0.5) is 8.78 Å². The van der Waals surface area contributed by atoms with Gasteiger partial charge in [-0.25, -0.2) is 32.7 Å². The summed E-state index contributed by atoms with van der Waals surface area (Å²) in [6, 6.07) is 2.11. The first kappa shape index (κ1) is 25.1. The minimum absolute atomic E-state index is 0.0391. The number of rotatable bonds is 7. The lowest BCUT2D eigenvalue weighted by atomic mass is 9.84. The van der Waals surface area contributed by atoms with Crippen molar-refractivity contribution < 1.29 is 22.5 Å². The molecular weight excluding hydrogens is 450 g/mol. The Hall–Kier alpha value is -2.56. The summed E-state index contributed by atoms with van der Waals surface area (Å²) in [5, 5.41) is 11.0. The van der Waals surface area contributed by atoms with Crippen molar-refractivity contribution >= 4 is 11.0 Å². The molecule has 3 unspecified atom stereocenters. The molecule has 7 nitrogen and oxygen atoms in total. The highest BCUT2D eigenvalue weighted by Crippen LogP contribution is 2.38. The smallest absolute Gasteiger partial charge is 0.191 e. The van der Waals surface area contributed by atoms with Gasteiger partial charge >= 0.3 is 0 Å². The van der Waals surface area contributed by atoms with Crippen LogP contribution in [-0.4, -0.2) is 29.0 Å². The van der Waals surface area contributed by atoms with E-state index in [4.69, 9.17) is 4.42 Å². The van der Waals surface area contributed by atoms with Gasteiger partial charge in [0.25, 0.3) is 0 Å². The number of aliphatic hydroxyl groups is 1. The van der Waals surface area contributed by atoms with E-state index in [1.54, 1.807) is 41.5 Å². The maximum absolute atomic E-state index is 15.2. The fraction of sp³-hybridized carbons (Fsp3) is 0.435. The van der Waals surface area contributed by atoms with Crippen LogP contribution in [-0.2, 0) is 16.5 Å². The Bertz CT molecular complexity index is 1160. The van der Waals surface area contributed by atoms with Crippen molar-refractivity contribution in [2.45, 2.75) is 64.4 Å². The number of benzene rings is 1. The molecule has 178 valence electrons. The number of hydrogen-bond donors (Lipinski definition) is 2. The summed E-state index contributed by atoms with van der Waals surface area (Å²) in [6.07, 6.45) is 2.88. The van der Waals surface area contributed by atoms with Gasteiger partial charge in [0.2, 0.25) is 0 Å². The van der Waals surface area contributed by atoms with Crippen LogP contribution in [0.15, 0.2) is 35.3 Å². The van der Waals surface area contributed by atoms with Gasteiger partial charge < -0.3 is 9.52 Å². The summed E-state index contributed by atoms with van der Waals surface area (Å²) >= 11 is 0. The molecule has 0 fully saturated rings. The van der Waals surface area contributed by atoms with Crippen LogP contribution in [0.1, 0.15) is 63.1 Å². The maximum Gasteiger partial charge on any atom is 0.191 e. The molecular formula is C23H28F2N4O3S. The van der Waals surface area contributed by atoms with Crippen LogP contribution in [0.3, 0.4) is 0 Å². The first-order valence-electron chi connectivity index (χ1n) is 10.4. The zero-order chi connectivity index (χ0) is 24.6. The number of halogens is 2. The number of oxazole rings is 1. The maximum atomic E-state index is 15.2. The lowest BCUT2D eigenvalue weighted by Gasteiger charge is -2.35. The third-order valence-corrected chi connectivity index (χ3v) is 7.00. The quantitative estimate of drug-likeness (QED) is 0.521. The molecule has 0 bridgehead atoms. The van der Waals surface area contributed by atoms with E-state index in [1.165, 1.54) is 24.8 Å². The Morgan fingerprint density at radius 1 is 1.12 bits per heavy atom. The third kappa shape index (κ3) is 5.51. The van der Waals surface area contributed by atoms with Crippen molar-refractivity contribution in [1.82, 2.24) is 19.7 Å². The Labute approximate surface area is 194 Å². The Kier molecular flexibility index (Phi) is 7.11. The van der Waals surface area contributed by atoms with Crippen molar-refractivity contribution in [3.8, 4) is 11.1 Å². The number of hydrogen-bond acceptors (Lipinski definition) is 6. The van der Waals surface area contributed by atoms with Crippen molar-refractivity contribution in [2.24, 2.45) is 0 Å². The van der Waals surface area contributed by atoms with E-state index in [2.05, 4.69) is 19.7 Å². The van der Waals surface area contributed by atoms with Gasteiger partial charge in [-0.2, -0.15) is 0 Å². The van der Waals surface area contributed by atoms with Gasteiger partial charge in [-0.05, 0) is 40.7 Å². The summed E-state index contributed by atoms with van der Waals surface area (Å²) < 4.78 is 50.6. The average molecular weight is 479 g/mol. The van der Waals surface area contributed by atoms with Crippen molar-refractivity contribution in [2.75, 3.05) is 0 Å². The number of nitrogens with one attached hydrogen (secondary N) is 1. The molecule has 0 spiro atoms. The molecule has 3 aromatic rings.